The van der Waals surface area contributed by atoms with E-state index in [2.05, 4.69) is 10.3 Å². The molecule has 1 N–H and O–H groups in total. The molecule has 116 valence electrons. The van der Waals surface area contributed by atoms with Gasteiger partial charge < -0.3 is 15.0 Å². The van der Waals surface area contributed by atoms with E-state index in [0.29, 0.717) is 19.6 Å². The SMILES string of the molecule is CCCCOC(=O)NCC(=O)N(C)CCc1ccccn1. The Morgan fingerprint density at radius 2 is 2.19 bits per heavy atom. The number of alkyl carbamates (subject to hydrolysis) is 1. The van der Waals surface area contributed by atoms with Gasteiger partial charge in [-0.3, -0.25) is 9.78 Å². The van der Waals surface area contributed by atoms with E-state index >= 15 is 0 Å². The predicted molar refractivity (Wildman–Crippen MR) is 79.8 cm³/mol. The minimum atomic E-state index is -0.546. The second kappa shape index (κ2) is 9.74. The third-order valence-electron chi connectivity index (χ3n) is 2.97. The highest BCUT2D eigenvalue weighted by molar-refractivity contribution is 5.82. The monoisotopic (exact) mass is 293 g/mol. The fraction of sp³-hybridized carbons (Fsp3) is 0.533. The molecule has 0 bridgehead atoms. The second-order valence-electron chi connectivity index (χ2n) is 4.73. The Morgan fingerprint density at radius 3 is 2.86 bits per heavy atom. The number of carbonyl (C=O) groups is 2. The van der Waals surface area contributed by atoms with Gasteiger partial charge in [0, 0.05) is 31.9 Å². The van der Waals surface area contributed by atoms with Gasteiger partial charge in [0.15, 0.2) is 0 Å². The molecule has 0 spiro atoms. The van der Waals surface area contributed by atoms with Crippen LogP contribution in [0, 0.1) is 0 Å². The maximum absolute atomic E-state index is 11.8. The summed E-state index contributed by atoms with van der Waals surface area (Å²) in [5, 5.41) is 2.45. The Morgan fingerprint density at radius 1 is 1.38 bits per heavy atom. The fourth-order valence-corrected chi connectivity index (χ4v) is 1.60. The Hall–Kier alpha value is -2.11. The van der Waals surface area contributed by atoms with Gasteiger partial charge in [0.1, 0.15) is 6.54 Å². The number of aromatic nitrogens is 1. The molecule has 6 heteroatoms. The van der Waals surface area contributed by atoms with Crippen LogP contribution >= 0.6 is 0 Å². The molecule has 1 aromatic heterocycles. The van der Waals surface area contributed by atoms with Crippen molar-refractivity contribution in [2.75, 3.05) is 26.7 Å². The van der Waals surface area contributed by atoms with Crippen molar-refractivity contribution in [3.8, 4) is 0 Å². The minimum Gasteiger partial charge on any atom is -0.450 e. The van der Waals surface area contributed by atoms with Crippen LogP contribution in [0.25, 0.3) is 0 Å². The highest BCUT2D eigenvalue weighted by Gasteiger charge is 2.11. The van der Waals surface area contributed by atoms with E-state index in [0.717, 1.165) is 18.5 Å². The number of amides is 2. The van der Waals surface area contributed by atoms with Gasteiger partial charge in [-0.15, -0.1) is 0 Å². The van der Waals surface area contributed by atoms with E-state index in [1.165, 1.54) is 0 Å². The number of nitrogens with zero attached hydrogens (tertiary/aromatic N) is 2. The number of ether oxygens (including phenoxy) is 1. The zero-order valence-electron chi connectivity index (χ0n) is 12.7. The molecule has 0 saturated heterocycles. The van der Waals surface area contributed by atoms with Crippen LogP contribution in [0.5, 0.6) is 0 Å². The Bertz CT molecular complexity index is 437. The first kappa shape index (κ1) is 16.9. The van der Waals surface area contributed by atoms with Crippen LogP contribution in [0.2, 0.25) is 0 Å². The molecular weight excluding hydrogens is 270 g/mol. The Labute approximate surface area is 125 Å². The lowest BCUT2D eigenvalue weighted by Crippen LogP contribution is -2.39. The van der Waals surface area contributed by atoms with Crippen molar-refractivity contribution in [3.63, 3.8) is 0 Å². The van der Waals surface area contributed by atoms with Crippen LogP contribution in [-0.2, 0) is 16.0 Å². The number of unbranched alkanes of at least 4 members (excludes halogenated alkanes) is 1. The molecule has 0 radical (unpaired) electrons. The zero-order valence-corrected chi connectivity index (χ0v) is 12.7. The molecule has 2 amide bonds. The van der Waals surface area contributed by atoms with Crippen molar-refractivity contribution in [2.24, 2.45) is 0 Å². The van der Waals surface area contributed by atoms with Gasteiger partial charge in [-0.2, -0.15) is 0 Å². The summed E-state index contributed by atoms with van der Waals surface area (Å²) in [6.45, 7) is 2.90. The van der Waals surface area contributed by atoms with E-state index < -0.39 is 6.09 Å². The molecule has 0 aliphatic rings. The average Bonchev–Trinajstić information content (AvgIpc) is 2.51. The van der Waals surface area contributed by atoms with Gasteiger partial charge in [-0.25, -0.2) is 4.79 Å². The zero-order chi connectivity index (χ0) is 15.5. The number of carbonyl (C=O) groups excluding carboxylic acids is 2. The summed E-state index contributed by atoms with van der Waals surface area (Å²) in [7, 11) is 1.70. The van der Waals surface area contributed by atoms with Crippen LogP contribution in [0.15, 0.2) is 24.4 Å². The van der Waals surface area contributed by atoms with Crippen LogP contribution in [-0.4, -0.2) is 48.6 Å². The van der Waals surface area contributed by atoms with Crippen LogP contribution < -0.4 is 5.32 Å². The molecule has 21 heavy (non-hydrogen) atoms. The lowest BCUT2D eigenvalue weighted by molar-refractivity contribution is -0.128. The lowest BCUT2D eigenvalue weighted by Gasteiger charge is -2.17. The largest absolute Gasteiger partial charge is 0.450 e. The number of rotatable bonds is 8. The normalized spacial score (nSPS) is 10.0. The summed E-state index contributed by atoms with van der Waals surface area (Å²) < 4.78 is 4.91. The average molecular weight is 293 g/mol. The van der Waals surface area contributed by atoms with Gasteiger partial charge >= 0.3 is 6.09 Å². The number of hydrogen-bond donors (Lipinski definition) is 1. The number of pyridine rings is 1. The third kappa shape index (κ3) is 7.29. The van der Waals surface area contributed by atoms with E-state index in [-0.39, 0.29) is 12.5 Å². The number of nitrogens with one attached hydrogen (secondary N) is 1. The van der Waals surface area contributed by atoms with Gasteiger partial charge in [-0.05, 0) is 18.6 Å². The summed E-state index contributed by atoms with van der Waals surface area (Å²) in [5.74, 6) is -0.154. The molecule has 0 aliphatic heterocycles. The van der Waals surface area contributed by atoms with Crippen molar-refractivity contribution in [2.45, 2.75) is 26.2 Å². The first-order valence-corrected chi connectivity index (χ1v) is 7.18. The first-order chi connectivity index (χ1) is 10.1. The molecule has 6 nitrogen and oxygen atoms in total. The van der Waals surface area contributed by atoms with E-state index in [4.69, 9.17) is 4.74 Å². The summed E-state index contributed by atoms with van der Waals surface area (Å²) in [5.41, 5.74) is 0.934. The Kier molecular flexibility index (Phi) is 7.86. The molecule has 1 heterocycles. The third-order valence-corrected chi connectivity index (χ3v) is 2.97. The van der Waals surface area contributed by atoms with Crippen molar-refractivity contribution >= 4 is 12.0 Å². The quantitative estimate of drug-likeness (QED) is 0.739. The maximum atomic E-state index is 11.8. The molecule has 0 aliphatic carbocycles. The highest BCUT2D eigenvalue weighted by atomic mass is 16.5. The molecule has 0 unspecified atom stereocenters. The molecular formula is C15H23N3O3. The van der Waals surface area contributed by atoms with E-state index in [1.807, 2.05) is 25.1 Å². The summed E-state index contributed by atoms with van der Waals surface area (Å²) in [4.78, 5) is 28.9. The standard InChI is InChI=1S/C15H23N3O3/c1-3-4-11-21-15(20)17-12-14(19)18(2)10-8-13-7-5-6-9-16-13/h5-7,9H,3-4,8,10-12H2,1-2H3,(H,17,20). The van der Waals surface area contributed by atoms with E-state index in [9.17, 15) is 9.59 Å². The van der Waals surface area contributed by atoms with Crippen LogP contribution in [0.3, 0.4) is 0 Å². The van der Waals surface area contributed by atoms with Gasteiger partial charge in [0.25, 0.3) is 0 Å². The van der Waals surface area contributed by atoms with Gasteiger partial charge in [0.2, 0.25) is 5.91 Å². The van der Waals surface area contributed by atoms with Crippen molar-refractivity contribution in [3.05, 3.63) is 30.1 Å². The van der Waals surface area contributed by atoms with E-state index in [1.54, 1.807) is 18.1 Å². The number of likely N-dealkylation sites (N-methyl/N-ethyl adjacent to an activating group) is 1. The second-order valence-corrected chi connectivity index (χ2v) is 4.73. The Balaban J connectivity index is 2.20. The smallest absolute Gasteiger partial charge is 0.407 e. The van der Waals surface area contributed by atoms with Gasteiger partial charge in [0.05, 0.1) is 6.61 Å². The summed E-state index contributed by atoms with van der Waals surface area (Å²) >= 11 is 0. The summed E-state index contributed by atoms with van der Waals surface area (Å²) in [6, 6.07) is 5.69. The molecule has 0 aromatic carbocycles. The van der Waals surface area contributed by atoms with Crippen molar-refractivity contribution in [1.29, 1.82) is 0 Å². The molecule has 0 saturated carbocycles. The topological polar surface area (TPSA) is 71.5 Å². The maximum Gasteiger partial charge on any atom is 0.407 e. The molecule has 0 fully saturated rings. The van der Waals surface area contributed by atoms with Crippen molar-refractivity contribution in [1.82, 2.24) is 15.2 Å². The minimum absolute atomic E-state index is 0.0519. The lowest BCUT2D eigenvalue weighted by atomic mass is 10.2. The predicted octanol–water partition coefficient (Wildman–Crippen LogP) is 1.61. The molecule has 1 rings (SSSR count). The van der Waals surface area contributed by atoms with Crippen LogP contribution in [0.4, 0.5) is 4.79 Å². The molecule has 0 atom stereocenters. The van der Waals surface area contributed by atoms with Crippen LogP contribution in [0.1, 0.15) is 25.5 Å². The fourth-order valence-electron chi connectivity index (χ4n) is 1.60. The summed E-state index contributed by atoms with van der Waals surface area (Å²) in [6.07, 6.45) is 3.65. The number of hydrogen-bond acceptors (Lipinski definition) is 4. The van der Waals surface area contributed by atoms with Gasteiger partial charge in [-0.1, -0.05) is 19.4 Å². The highest BCUT2D eigenvalue weighted by Crippen LogP contribution is 1.96. The molecule has 1 aromatic rings. The van der Waals surface area contributed by atoms with Crippen molar-refractivity contribution < 1.29 is 14.3 Å². The first-order valence-electron chi connectivity index (χ1n) is 7.18.